The quantitative estimate of drug-likeness (QED) is 0.646. The van der Waals surface area contributed by atoms with E-state index in [1.165, 1.54) is 0 Å². The third-order valence-corrected chi connectivity index (χ3v) is 4.68. The highest BCUT2D eigenvalue weighted by atomic mass is 32.2. The zero-order valence-corrected chi connectivity index (χ0v) is 13.6. The van der Waals surface area contributed by atoms with Crippen LogP contribution in [0, 0.1) is 5.92 Å². The smallest absolute Gasteiger partial charge is 0.315 e. The van der Waals surface area contributed by atoms with Crippen molar-refractivity contribution in [1.29, 1.82) is 0 Å². The minimum atomic E-state index is -0.871. The number of carbonyl (C=O) groups excluding carboxylic acids is 1. The standard InChI is InChI=1S/C14H26N2O4S/c1-10(8-9-21(2)20)15-14(19)16-12-7-5-3-4-6-11(12)13(17)18/h10-12H,3-9H2,1-2H3,(H,17,18)(H2,15,16,19). The summed E-state index contributed by atoms with van der Waals surface area (Å²) in [5.41, 5.74) is 0. The van der Waals surface area contributed by atoms with Crippen molar-refractivity contribution in [2.45, 2.75) is 57.5 Å². The Hall–Kier alpha value is -1.11. The van der Waals surface area contributed by atoms with E-state index in [-0.39, 0.29) is 18.1 Å². The van der Waals surface area contributed by atoms with Gasteiger partial charge in [0.1, 0.15) is 0 Å². The SMILES string of the molecule is CC(CCS(C)=O)NC(=O)NC1CCCCCC1C(=O)O. The van der Waals surface area contributed by atoms with E-state index >= 15 is 0 Å². The first-order chi connectivity index (χ1) is 9.90. The molecule has 4 unspecified atom stereocenters. The molecular weight excluding hydrogens is 292 g/mol. The van der Waals surface area contributed by atoms with Crippen molar-refractivity contribution in [3.05, 3.63) is 0 Å². The van der Waals surface area contributed by atoms with Gasteiger partial charge in [-0.2, -0.15) is 0 Å². The third kappa shape index (κ3) is 6.93. The van der Waals surface area contributed by atoms with Crippen LogP contribution in [0.15, 0.2) is 0 Å². The molecule has 21 heavy (non-hydrogen) atoms. The lowest BCUT2D eigenvalue weighted by atomic mass is 9.95. The van der Waals surface area contributed by atoms with Gasteiger partial charge in [-0.3, -0.25) is 9.00 Å². The molecule has 122 valence electrons. The van der Waals surface area contributed by atoms with Gasteiger partial charge in [0.15, 0.2) is 0 Å². The fourth-order valence-electron chi connectivity index (χ4n) is 2.62. The highest BCUT2D eigenvalue weighted by Gasteiger charge is 2.30. The summed E-state index contributed by atoms with van der Waals surface area (Å²) in [6.07, 6.45) is 6.46. The van der Waals surface area contributed by atoms with Gasteiger partial charge in [0.25, 0.3) is 0 Å². The minimum Gasteiger partial charge on any atom is -0.481 e. The molecule has 0 radical (unpaired) electrons. The molecule has 1 aliphatic rings. The first-order valence-corrected chi connectivity index (χ1v) is 9.22. The number of nitrogens with one attached hydrogen (secondary N) is 2. The maximum absolute atomic E-state index is 12.0. The second-order valence-corrected chi connectivity index (χ2v) is 7.33. The molecule has 0 aromatic heterocycles. The normalized spacial score (nSPS) is 25.4. The Morgan fingerprint density at radius 3 is 2.57 bits per heavy atom. The van der Waals surface area contributed by atoms with E-state index in [1.807, 2.05) is 6.92 Å². The Balaban J connectivity index is 2.46. The molecule has 7 heteroatoms. The van der Waals surface area contributed by atoms with Crippen molar-refractivity contribution < 1.29 is 18.9 Å². The molecule has 0 bridgehead atoms. The van der Waals surface area contributed by atoms with Gasteiger partial charge >= 0.3 is 12.0 Å². The van der Waals surface area contributed by atoms with Crippen LogP contribution in [0.5, 0.6) is 0 Å². The van der Waals surface area contributed by atoms with E-state index in [1.54, 1.807) is 6.26 Å². The van der Waals surface area contributed by atoms with E-state index in [0.29, 0.717) is 25.0 Å². The molecule has 3 N–H and O–H groups in total. The predicted molar refractivity (Wildman–Crippen MR) is 82.7 cm³/mol. The van der Waals surface area contributed by atoms with Crippen LogP contribution in [-0.4, -0.2) is 45.4 Å². The Labute approximate surface area is 128 Å². The van der Waals surface area contributed by atoms with Crippen LogP contribution in [-0.2, 0) is 15.6 Å². The average Bonchev–Trinajstić information content (AvgIpc) is 2.61. The molecule has 2 amide bonds. The van der Waals surface area contributed by atoms with E-state index in [2.05, 4.69) is 10.6 Å². The van der Waals surface area contributed by atoms with Gasteiger partial charge in [-0.25, -0.2) is 4.79 Å². The summed E-state index contributed by atoms with van der Waals surface area (Å²) in [5, 5.41) is 14.9. The average molecular weight is 318 g/mol. The number of hydrogen-bond donors (Lipinski definition) is 3. The second kappa shape index (κ2) is 9.02. The summed E-state index contributed by atoms with van der Waals surface area (Å²) < 4.78 is 11.0. The van der Waals surface area contributed by atoms with Gasteiger partial charge in [-0.1, -0.05) is 19.3 Å². The van der Waals surface area contributed by atoms with E-state index in [0.717, 1.165) is 19.3 Å². The first kappa shape index (κ1) is 17.9. The largest absolute Gasteiger partial charge is 0.481 e. The maximum Gasteiger partial charge on any atom is 0.315 e. The zero-order valence-electron chi connectivity index (χ0n) is 12.8. The fraction of sp³-hybridized carbons (Fsp3) is 0.857. The summed E-state index contributed by atoms with van der Waals surface area (Å²) in [4.78, 5) is 23.2. The number of aliphatic carboxylic acids is 1. The topological polar surface area (TPSA) is 95.5 Å². The zero-order chi connectivity index (χ0) is 15.8. The number of hydrogen-bond acceptors (Lipinski definition) is 3. The molecule has 1 fully saturated rings. The van der Waals surface area contributed by atoms with Crippen LogP contribution in [0.1, 0.15) is 45.4 Å². The number of amides is 2. The van der Waals surface area contributed by atoms with Crippen LogP contribution < -0.4 is 10.6 Å². The third-order valence-electron chi connectivity index (χ3n) is 3.87. The van der Waals surface area contributed by atoms with Crippen LogP contribution >= 0.6 is 0 Å². The van der Waals surface area contributed by atoms with Crippen LogP contribution in [0.4, 0.5) is 4.79 Å². The molecular formula is C14H26N2O4S. The number of carbonyl (C=O) groups is 2. The van der Waals surface area contributed by atoms with E-state index in [9.17, 15) is 18.9 Å². The van der Waals surface area contributed by atoms with Crippen molar-refractivity contribution in [3.8, 4) is 0 Å². The molecule has 0 aromatic rings. The van der Waals surface area contributed by atoms with Gasteiger partial charge in [0.05, 0.1) is 5.92 Å². The Morgan fingerprint density at radius 2 is 1.95 bits per heavy atom. The molecule has 0 aliphatic heterocycles. The molecule has 0 spiro atoms. The summed E-state index contributed by atoms with van der Waals surface area (Å²) >= 11 is 0. The number of rotatable bonds is 6. The van der Waals surface area contributed by atoms with Crippen molar-refractivity contribution in [2.24, 2.45) is 5.92 Å². The van der Waals surface area contributed by atoms with Crippen molar-refractivity contribution >= 4 is 22.8 Å². The molecule has 1 aliphatic carbocycles. The number of carboxylic acids is 1. The van der Waals surface area contributed by atoms with Crippen LogP contribution in [0.25, 0.3) is 0 Å². The van der Waals surface area contributed by atoms with Crippen LogP contribution in [0.2, 0.25) is 0 Å². The Bertz CT molecular complexity index is 389. The number of urea groups is 1. The molecule has 0 aromatic carbocycles. The highest BCUT2D eigenvalue weighted by Crippen LogP contribution is 2.23. The minimum absolute atomic E-state index is 0.0806. The monoisotopic (exact) mass is 318 g/mol. The van der Waals surface area contributed by atoms with E-state index in [4.69, 9.17) is 0 Å². The van der Waals surface area contributed by atoms with Gasteiger partial charge in [-0.05, 0) is 26.2 Å². The predicted octanol–water partition coefficient (Wildman–Crippen LogP) is 1.48. The van der Waals surface area contributed by atoms with Crippen molar-refractivity contribution in [3.63, 3.8) is 0 Å². The van der Waals surface area contributed by atoms with Crippen LogP contribution in [0.3, 0.4) is 0 Å². The van der Waals surface area contributed by atoms with Crippen molar-refractivity contribution in [1.82, 2.24) is 10.6 Å². The second-order valence-electron chi connectivity index (χ2n) is 5.77. The summed E-state index contributed by atoms with van der Waals surface area (Å²) in [7, 11) is -0.871. The van der Waals surface area contributed by atoms with Gasteiger partial charge in [0.2, 0.25) is 0 Å². The lowest BCUT2D eigenvalue weighted by Gasteiger charge is -2.24. The summed E-state index contributed by atoms with van der Waals surface area (Å²) in [6, 6.07) is -0.719. The van der Waals surface area contributed by atoms with E-state index < -0.39 is 22.7 Å². The summed E-state index contributed by atoms with van der Waals surface area (Å²) in [5.74, 6) is -0.795. The fourth-order valence-corrected chi connectivity index (χ4v) is 3.31. The first-order valence-electron chi connectivity index (χ1n) is 7.50. The molecule has 0 saturated heterocycles. The molecule has 1 rings (SSSR count). The Kier molecular flexibility index (Phi) is 7.71. The lowest BCUT2D eigenvalue weighted by molar-refractivity contribution is -0.142. The van der Waals surface area contributed by atoms with Gasteiger partial charge < -0.3 is 15.7 Å². The molecule has 1 saturated carbocycles. The lowest BCUT2D eigenvalue weighted by Crippen LogP contribution is -2.49. The maximum atomic E-state index is 12.0. The van der Waals surface area contributed by atoms with Crippen molar-refractivity contribution in [2.75, 3.05) is 12.0 Å². The molecule has 6 nitrogen and oxygen atoms in total. The molecule has 4 atom stereocenters. The van der Waals surface area contributed by atoms with Gasteiger partial charge in [-0.15, -0.1) is 0 Å². The Morgan fingerprint density at radius 1 is 1.29 bits per heavy atom. The summed E-state index contributed by atoms with van der Waals surface area (Å²) in [6.45, 7) is 1.86. The van der Waals surface area contributed by atoms with Gasteiger partial charge in [0, 0.05) is 34.9 Å². The molecule has 0 heterocycles. The highest BCUT2D eigenvalue weighted by molar-refractivity contribution is 7.84. The number of carboxylic acid groups (broad SMARTS) is 1.